The minimum atomic E-state index is -2.83. The van der Waals surface area contributed by atoms with Gasteiger partial charge in [0.25, 0.3) is 5.91 Å². The number of nitrogens with zero attached hydrogens (tertiary/aromatic N) is 5. The molecule has 1 aliphatic heterocycles. The first-order valence-corrected chi connectivity index (χ1v) is 15.0. The van der Waals surface area contributed by atoms with Crippen LogP contribution < -0.4 is 15.1 Å². The molecule has 1 N–H and O–H groups in total. The first-order valence-electron chi connectivity index (χ1n) is 14.6. The molecule has 234 valence electrons. The van der Waals surface area contributed by atoms with Gasteiger partial charge in [-0.2, -0.15) is 5.26 Å². The smallest absolute Gasteiger partial charge is 0.251 e. The Kier molecular flexibility index (Phi) is 9.39. The van der Waals surface area contributed by atoms with Gasteiger partial charge in [0.1, 0.15) is 29.7 Å². The molecule has 2 heterocycles. The van der Waals surface area contributed by atoms with Crippen LogP contribution in [0.1, 0.15) is 68.3 Å². The second kappa shape index (κ2) is 13.2. The molecule has 3 amide bonds. The van der Waals surface area contributed by atoms with E-state index in [0.29, 0.717) is 12.0 Å². The van der Waals surface area contributed by atoms with Gasteiger partial charge in [-0.1, -0.05) is 36.7 Å². The van der Waals surface area contributed by atoms with Crippen LogP contribution in [0.3, 0.4) is 0 Å². The van der Waals surface area contributed by atoms with Crippen molar-refractivity contribution in [2.24, 2.45) is 0 Å². The normalized spacial score (nSPS) is 18.7. The Balaban J connectivity index is 1.63. The molecule has 1 aliphatic carbocycles. The zero-order chi connectivity index (χ0) is 32.3. The van der Waals surface area contributed by atoms with Gasteiger partial charge in [0.2, 0.25) is 23.7 Å². The predicted octanol–water partition coefficient (Wildman–Crippen LogP) is 5.67. The highest BCUT2D eigenvalue weighted by atomic mass is 35.5. The molecular weight excluding hydrogens is 609 g/mol. The Bertz CT molecular complexity index is 1660. The molecule has 3 aromatic rings. The molecule has 1 saturated heterocycles. The molecule has 9 nitrogen and oxygen atoms in total. The lowest BCUT2D eigenvalue weighted by atomic mass is 9.91. The summed E-state index contributed by atoms with van der Waals surface area (Å²) in [7, 11) is 0. The number of hydrogen-bond acceptors (Lipinski definition) is 6. The van der Waals surface area contributed by atoms with Crippen molar-refractivity contribution in [3.05, 3.63) is 82.4 Å². The van der Waals surface area contributed by atoms with Gasteiger partial charge >= 0.3 is 0 Å². The van der Waals surface area contributed by atoms with Crippen molar-refractivity contribution in [2.45, 2.75) is 75.9 Å². The van der Waals surface area contributed by atoms with Crippen LogP contribution in [-0.2, 0) is 20.8 Å². The van der Waals surface area contributed by atoms with E-state index in [9.17, 15) is 28.4 Å². The molecule has 1 saturated carbocycles. The third-order valence-corrected chi connectivity index (χ3v) is 8.45. The van der Waals surface area contributed by atoms with Crippen molar-refractivity contribution in [1.29, 1.82) is 5.26 Å². The molecule has 0 radical (unpaired) electrons. The van der Waals surface area contributed by atoms with Gasteiger partial charge in [-0.05, 0) is 61.6 Å². The topological polar surface area (TPSA) is 119 Å². The third kappa shape index (κ3) is 6.93. The lowest BCUT2D eigenvalue weighted by Crippen LogP contribution is -2.53. The molecule has 2 fully saturated rings. The quantitative estimate of drug-likeness (QED) is 0.340. The summed E-state index contributed by atoms with van der Waals surface area (Å²) in [5.41, 5.74) is 0.775. The van der Waals surface area contributed by atoms with Crippen molar-refractivity contribution in [3.8, 4) is 6.07 Å². The molecule has 1 aromatic heterocycles. The predicted molar refractivity (Wildman–Crippen MR) is 160 cm³/mol. The summed E-state index contributed by atoms with van der Waals surface area (Å²) in [6.07, 6.45) is 0.934. The number of amides is 3. The minimum Gasteiger partial charge on any atom is -0.351 e. The van der Waals surface area contributed by atoms with E-state index in [4.69, 9.17) is 11.6 Å². The fourth-order valence-electron chi connectivity index (χ4n) is 5.79. The molecule has 5 rings (SSSR count). The lowest BCUT2D eigenvalue weighted by molar-refractivity contribution is -0.128. The summed E-state index contributed by atoms with van der Waals surface area (Å²) < 4.78 is 42.9. The Morgan fingerprint density at radius 3 is 2.60 bits per heavy atom. The molecule has 2 aromatic carbocycles. The average Bonchev–Trinajstić information content (AvgIpc) is 3.41. The molecule has 13 heteroatoms. The Hall–Kier alpha value is -4.50. The van der Waals surface area contributed by atoms with Gasteiger partial charge in [0, 0.05) is 47.8 Å². The SMILES string of the molecule is CCc1cc(F)cc(N(C(=O)[C@@H]2CCC(=O)N2c2nccc(C#N)n2)C(C(=O)NC2CCC(F)(F)CC2)c2ccccc2Cl)c1. The standard InChI is InChI=1S/C32H30ClF3N6O3/c1-2-19-15-20(34)17-23(16-19)41(30(45)26-7-8-27(43)42(26)31-38-14-11-22(18-37)40-31)28(24-5-3-4-6-25(24)33)29(44)39-21-9-12-32(35,36)13-10-21/h3-6,11,14-17,21,26,28H,2,7-10,12-13H2,1H3,(H,39,44)/t26-,28?/m0/s1. The summed E-state index contributed by atoms with van der Waals surface area (Å²) in [6.45, 7) is 1.80. The first-order chi connectivity index (χ1) is 21.5. The van der Waals surface area contributed by atoms with Crippen LogP contribution >= 0.6 is 11.6 Å². The monoisotopic (exact) mass is 638 g/mol. The molecule has 45 heavy (non-hydrogen) atoms. The molecule has 1 unspecified atom stereocenters. The van der Waals surface area contributed by atoms with Gasteiger partial charge in [-0.15, -0.1) is 0 Å². The van der Waals surface area contributed by atoms with E-state index in [1.807, 2.05) is 6.07 Å². The number of rotatable bonds is 8. The van der Waals surface area contributed by atoms with Crippen molar-refractivity contribution in [2.75, 3.05) is 9.80 Å². The third-order valence-electron chi connectivity index (χ3n) is 8.11. The zero-order valence-electron chi connectivity index (χ0n) is 24.4. The molecule has 0 bridgehead atoms. The van der Waals surface area contributed by atoms with Crippen molar-refractivity contribution in [3.63, 3.8) is 0 Å². The number of benzene rings is 2. The highest BCUT2D eigenvalue weighted by Gasteiger charge is 2.45. The summed E-state index contributed by atoms with van der Waals surface area (Å²) in [6, 6.07) is 10.3. The van der Waals surface area contributed by atoms with Gasteiger partial charge in [-0.25, -0.2) is 23.1 Å². The van der Waals surface area contributed by atoms with E-state index in [2.05, 4.69) is 15.3 Å². The van der Waals surface area contributed by atoms with Crippen molar-refractivity contribution >= 4 is 41.0 Å². The van der Waals surface area contributed by atoms with Crippen LogP contribution in [0.15, 0.2) is 54.7 Å². The Morgan fingerprint density at radius 1 is 1.18 bits per heavy atom. The fourth-order valence-corrected chi connectivity index (χ4v) is 6.03. The van der Waals surface area contributed by atoms with Gasteiger partial charge in [-0.3, -0.25) is 24.2 Å². The van der Waals surface area contributed by atoms with Gasteiger partial charge < -0.3 is 5.32 Å². The summed E-state index contributed by atoms with van der Waals surface area (Å²) in [5.74, 6) is -5.56. The largest absolute Gasteiger partial charge is 0.351 e. The van der Waals surface area contributed by atoms with E-state index in [-0.39, 0.29) is 53.6 Å². The maximum absolute atomic E-state index is 15.0. The van der Waals surface area contributed by atoms with Crippen LogP contribution in [0.2, 0.25) is 5.02 Å². The van der Waals surface area contributed by atoms with Crippen LogP contribution in [0.25, 0.3) is 0 Å². The number of aryl methyl sites for hydroxylation is 1. The number of halogens is 4. The maximum Gasteiger partial charge on any atom is 0.251 e. The van der Waals surface area contributed by atoms with Crippen molar-refractivity contribution in [1.82, 2.24) is 15.3 Å². The van der Waals surface area contributed by atoms with E-state index < -0.39 is 60.4 Å². The summed E-state index contributed by atoms with van der Waals surface area (Å²) in [4.78, 5) is 52.5. The van der Waals surface area contributed by atoms with Crippen LogP contribution in [0.4, 0.5) is 24.8 Å². The lowest BCUT2D eigenvalue weighted by Gasteiger charge is -2.37. The molecule has 2 aliphatic rings. The van der Waals surface area contributed by atoms with E-state index in [1.165, 1.54) is 24.4 Å². The highest BCUT2D eigenvalue weighted by Crippen LogP contribution is 2.38. The number of nitriles is 1. The van der Waals surface area contributed by atoms with Crippen LogP contribution in [0.5, 0.6) is 0 Å². The van der Waals surface area contributed by atoms with Gasteiger partial charge in [0.15, 0.2) is 0 Å². The van der Waals surface area contributed by atoms with Gasteiger partial charge in [0.05, 0.1) is 0 Å². The number of carbonyl (C=O) groups is 3. The maximum atomic E-state index is 15.0. The number of carbonyl (C=O) groups excluding carboxylic acids is 3. The summed E-state index contributed by atoms with van der Waals surface area (Å²) >= 11 is 6.60. The van der Waals surface area contributed by atoms with Crippen LogP contribution in [-0.4, -0.2) is 45.7 Å². The number of anilines is 2. The number of nitrogens with one attached hydrogen (secondary N) is 1. The first kappa shape index (κ1) is 31.9. The molecule has 0 spiro atoms. The van der Waals surface area contributed by atoms with E-state index >= 15 is 4.39 Å². The highest BCUT2D eigenvalue weighted by molar-refractivity contribution is 6.31. The van der Waals surface area contributed by atoms with Crippen LogP contribution in [0, 0.1) is 17.1 Å². The Labute approximate surface area is 263 Å². The number of alkyl halides is 2. The zero-order valence-corrected chi connectivity index (χ0v) is 25.1. The second-order valence-electron chi connectivity index (χ2n) is 11.1. The number of aromatic nitrogens is 2. The second-order valence-corrected chi connectivity index (χ2v) is 11.5. The number of hydrogen-bond donors (Lipinski definition) is 1. The fraction of sp³-hybridized carbons (Fsp3) is 0.375. The van der Waals surface area contributed by atoms with E-state index in [0.717, 1.165) is 15.9 Å². The molecule has 2 atom stereocenters. The Morgan fingerprint density at radius 2 is 1.91 bits per heavy atom. The van der Waals surface area contributed by atoms with E-state index in [1.54, 1.807) is 31.2 Å². The minimum absolute atomic E-state index is 0.0214. The summed E-state index contributed by atoms with van der Waals surface area (Å²) in [5, 5.41) is 12.3. The average molecular weight is 639 g/mol. The molecular formula is C32H30ClF3N6O3. The van der Waals surface area contributed by atoms with Crippen molar-refractivity contribution < 1.29 is 27.6 Å².